The third kappa shape index (κ3) is 1.65. The first-order valence-electron chi connectivity index (χ1n) is 6.50. The monoisotopic (exact) mass is 239 g/mol. The Morgan fingerprint density at radius 3 is 2.65 bits per heavy atom. The molecule has 1 spiro atoms. The lowest BCUT2D eigenvalue weighted by Crippen LogP contribution is -2.60. The molecule has 2 rings (SSSR count). The van der Waals surface area contributed by atoms with Crippen LogP contribution in [0.25, 0.3) is 0 Å². The Morgan fingerprint density at radius 2 is 2.18 bits per heavy atom. The third-order valence-electron chi connectivity index (χ3n) is 4.56. The minimum Gasteiger partial charge on any atom is -0.288 e. The summed E-state index contributed by atoms with van der Waals surface area (Å²) in [7, 11) is 1.81. The van der Waals surface area contributed by atoms with Crippen LogP contribution in [0.2, 0.25) is 0 Å². The molecule has 0 aromatic heterocycles. The van der Waals surface area contributed by atoms with E-state index in [1.54, 1.807) is 4.90 Å². The second-order valence-electron chi connectivity index (χ2n) is 5.99. The van der Waals surface area contributed by atoms with Crippen LogP contribution in [-0.4, -0.2) is 39.7 Å². The molecule has 3 unspecified atom stereocenters. The second-order valence-corrected chi connectivity index (χ2v) is 5.99. The molecule has 0 aromatic carbocycles. The van der Waals surface area contributed by atoms with Gasteiger partial charge in [-0.2, -0.15) is 0 Å². The zero-order valence-corrected chi connectivity index (χ0v) is 11.2. The predicted octanol–water partition coefficient (Wildman–Crippen LogP) is 1.72. The van der Waals surface area contributed by atoms with E-state index in [0.29, 0.717) is 17.8 Å². The van der Waals surface area contributed by atoms with Gasteiger partial charge in [0, 0.05) is 18.2 Å². The van der Waals surface area contributed by atoms with Crippen molar-refractivity contribution in [1.82, 2.24) is 4.90 Å². The van der Waals surface area contributed by atoms with Gasteiger partial charge in [0.25, 0.3) is 11.9 Å². The highest BCUT2D eigenvalue weighted by Crippen LogP contribution is 2.45. The van der Waals surface area contributed by atoms with Gasteiger partial charge in [0.15, 0.2) is 0 Å². The molecule has 1 N–H and O–H groups in total. The second kappa shape index (κ2) is 4.00. The van der Waals surface area contributed by atoms with Crippen molar-refractivity contribution in [2.24, 2.45) is 17.8 Å². The highest BCUT2D eigenvalue weighted by Gasteiger charge is 2.62. The van der Waals surface area contributed by atoms with Gasteiger partial charge in [-0.1, -0.05) is 20.8 Å². The molecule has 1 amide bonds. The van der Waals surface area contributed by atoms with E-state index in [4.69, 9.17) is 0 Å². The molecule has 4 nitrogen and oxygen atoms in total. The van der Waals surface area contributed by atoms with Crippen molar-refractivity contribution in [3.05, 3.63) is 0 Å². The minimum absolute atomic E-state index is 0.0905. The summed E-state index contributed by atoms with van der Waals surface area (Å²) >= 11 is 0. The Morgan fingerprint density at radius 1 is 1.53 bits per heavy atom. The van der Waals surface area contributed by atoms with E-state index in [-0.39, 0.29) is 5.91 Å². The van der Waals surface area contributed by atoms with Crippen molar-refractivity contribution in [3.8, 4) is 0 Å². The van der Waals surface area contributed by atoms with E-state index in [1.807, 2.05) is 7.05 Å². The number of rotatable bonds is 1. The number of carbonyl (C=O) groups excluding carboxylic acids is 1. The zero-order chi connectivity index (χ0) is 12.8. The van der Waals surface area contributed by atoms with Crippen LogP contribution in [-0.2, 0) is 4.79 Å². The van der Waals surface area contributed by atoms with Gasteiger partial charge in [-0.25, -0.2) is 0 Å². The Hall–Kier alpha value is -1.06. The van der Waals surface area contributed by atoms with E-state index < -0.39 is 5.66 Å². The Labute approximate surface area is 103 Å². The molecule has 1 heterocycles. The van der Waals surface area contributed by atoms with Crippen LogP contribution in [0.15, 0.2) is 0 Å². The molecule has 3 atom stereocenters. The van der Waals surface area contributed by atoms with Crippen LogP contribution in [0, 0.1) is 17.8 Å². The number of nitrogens with zero attached hydrogens (tertiary/aromatic N) is 2. The van der Waals surface area contributed by atoms with Crippen molar-refractivity contribution in [2.75, 3.05) is 7.05 Å². The van der Waals surface area contributed by atoms with E-state index in [2.05, 4.69) is 20.8 Å². The van der Waals surface area contributed by atoms with Crippen LogP contribution in [0.3, 0.4) is 0 Å². The van der Waals surface area contributed by atoms with E-state index in [9.17, 15) is 10.0 Å². The molecule has 2 aliphatic rings. The summed E-state index contributed by atoms with van der Waals surface area (Å²) in [5.74, 6) is 1.24. The molecular formula is C13H23N2O2+. The number of hydroxylamine groups is 1. The normalized spacial score (nSPS) is 38.1. The fraction of sp³-hybridized carbons (Fsp3) is 0.846. The minimum atomic E-state index is -0.511. The molecule has 1 aliphatic heterocycles. The average Bonchev–Trinajstić information content (AvgIpc) is 2.44. The van der Waals surface area contributed by atoms with Crippen LogP contribution < -0.4 is 0 Å². The fourth-order valence-electron chi connectivity index (χ4n) is 3.63. The highest BCUT2D eigenvalue weighted by molar-refractivity contribution is 6.25. The summed E-state index contributed by atoms with van der Waals surface area (Å²) in [6.45, 7) is 6.54. The van der Waals surface area contributed by atoms with Gasteiger partial charge in [-0.3, -0.25) is 14.9 Å². The van der Waals surface area contributed by atoms with E-state index >= 15 is 0 Å². The van der Waals surface area contributed by atoms with E-state index in [1.165, 1.54) is 17.4 Å². The largest absolute Gasteiger partial charge is 0.320 e. The molecule has 1 saturated carbocycles. The summed E-state index contributed by atoms with van der Waals surface area (Å²) in [5, 5.41) is 10.2. The fourth-order valence-corrected chi connectivity index (χ4v) is 3.63. The Kier molecular flexibility index (Phi) is 2.92. The SMILES string of the molecule is CC1CCC(C(C)C)C2(C1)N(C)C(=O)C=[N+]2O. The standard InChI is InChI=1S/C13H23N2O2/c1-9(2)11-6-5-10(3)7-13(11)14(4)12(16)8-15(13)17/h8-11,17H,5-7H2,1-4H3/q+1. The molecule has 0 radical (unpaired) electrons. The summed E-state index contributed by atoms with van der Waals surface area (Å²) in [6.07, 6.45) is 4.43. The first-order valence-corrected chi connectivity index (χ1v) is 6.50. The molecule has 0 saturated heterocycles. The maximum atomic E-state index is 11.8. The Balaban J connectivity index is 2.43. The molecule has 0 bridgehead atoms. The lowest BCUT2D eigenvalue weighted by Gasteiger charge is -2.43. The van der Waals surface area contributed by atoms with Crippen molar-refractivity contribution < 1.29 is 14.7 Å². The first-order chi connectivity index (χ1) is 7.89. The van der Waals surface area contributed by atoms with Gasteiger partial charge in [-0.15, -0.1) is 0 Å². The topological polar surface area (TPSA) is 43.5 Å². The molecule has 4 heteroatoms. The number of hydrogen-bond donors (Lipinski definition) is 1. The highest BCUT2D eigenvalue weighted by atomic mass is 16.5. The van der Waals surface area contributed by atoms with Gasteiger partial charge in [0.1, 0.15) is 0 Å². The molecule has 1 fully saturated rings. The van der Waals surface area contributed by atoms with Gasteiger partial charge in [0.05, 0.1) is 5.92 Å². The quantitative estimate of drug-likeness (QED) is 0.559. The summed E-state index contributed by atoms with van der Waals surface area (Å²) in [5.41, 5.74) is -0.511. The summed E-state index contributed by atoms with van der Waals surface area (Å²) < 4.78 is 1.18. The smallest absolute Gasteiger partial charge is 0.288 e. The van der Waals surface area contributed by atoms with Gasteiger partial charge >= 0.3 is 5.91 Å². The third-order valence-corrected chi connectivity index (χ3v) is 4.56. The van der Waals surface area contributed by atoms with E-state index in [0.717, 1.165) is 12.8 Å². The summed E-state index contributed by atoms with van der Waals surface area (Å²) in [4.78, 5) is 13.5. The van der Waals surface area contributed by atoms with Crippen molar-refractivity contribution >= 4 is 12.1 Å². The summed E-state index contributed by atoms with van der Waals surface area (Å²) in [6, 6.07) is 0. The molecule has 96 valence electrons. The number of carbonyl (C=O) groups is 1. The lowest BCUT2D eigenvalue weighted by molar-refractivity contribution is -0.839. The van der Waals surface area contributed by atoms with Gasteiger partial charge in [0.2, 0.25) is 0 Å². The van der Waals surface area contributed by atoms with Crippen LogP contribution in [0.5, 0.6) is 0 Å². The van der Waals surface area contributed by atoms with Crippen LogP contribution in [0.1, 0.15) is 40.0 Å². The molecular weight excluding hydrogens is 216 g/mol. The van der Waals surface area contributed by atoms with Crippen LogP contribution in [0.4, 0.5) is 0 Å². The molecule has 17 heavy (non-hydrogen) atoms. The predicted molar refractivity (Wildman–Crippen MR) is 65.0 cm³/mol. The first kappa shape index (κ1) is 12.4. The maximum absolute atomic E-state index is 11.8. The van der Waals surface area contributed by atoms with Crippen LogP contribution >= 0.6 is 0 Å². The lowest BCUT2D eigenvalue weighted by atomic mass is 9.69. The molecule has 0 aromatic rings. The molecule has 1 aliphatic carbocycles. The number of hydrogen-bond acceptors (Lipinski definition) is 2. The van der Waals surface area contributed by atoms with Crippen molar-refractivity contribution in [1.29, 1.82) is 0 Å². The van der Waals surface area contributed by atoms with Gasteiger partial charge < -0.3 is 0 Å². The zero-order valence-electron chi connectivity index (χ0n) is 11.2. The van der Waals surface area contributed by atoms with Crippen molar-refractivity contribution in [3.63, 3.8) is 0 Å². The van der Waals surface area contributed by atoms with Gasteiger partial charge in [-0.05, 0) is 24.7 Å². The average molecular weight is 239 g/mol. The van der Waals surface area contributed by atoms with Crippen molar-refractivity contribution in [2.45, 2.75) is 45.7 Å². The number of amides is 1. The Bertz CT molecular complexity index is 364. The maximum Gasteiger partial charge on any atom is 0.320 e.